The second kappa shape index (κ2) is 6.68. The standard InChI is InChI=1S/C14H18N4O/c1-12(7-8-13-5-3-2-4-6-13)17-14(19)9-18-11-15-10-16-18/h2-6,10-12H,7-9H2,1H3,(H,17,19). The summed E-state index contributed by atoms with van der Waals surface area (Å²) in [5.41, 5.74) is 1.29. The van der Waals surface area contributed by atoms with Gasteiger partial charge in [-0.1, -0.05) is 30.3 Å². The van der Waals surface area contributed by atoms with Crippen LogP contribution in [-0.4, -0.2) is 26.7 Å². The lowest BCUT2D eigenvalue weighted by Crippen LogP contribution is -2.35. The Kier molecular flexibility index (Phi) is 4.66. The van der Waals surface area contributed by atoms with Crippen molar-refractivity contribution in [1.29, 1.82) is 0 Å². The average Bonchev–Trinajstić information content (AvgIpc) is 2.90. The fourth-order valence-electron chi connectivity index (χ4n) is 1.88. The summed E-state index contributed by atoms with van der Waals surface area (Å²) in [5, 5.41) is 6.86. The van der Waals surface area contributed by atoms with E-state index in [1.165, 1.54) is 22.9 Å². The number of aromatic nitrogens is 3. The Morgan fingerprint density at radius 3 is 2.84 bits per heavy atom. The Morgan fingerprint density at radius 2 is 2.16 bits per heavy atom. The van der Waals surface area contributed by atoms with Gasteiger partial charge in [0, 0.05) is 6.04 Å². The molecule has 0 bridgehead atoms. The van der Waals surface area contributed by atoms with E-state index < -0.39 is 0 Å². The molecule has 0 fully saturated rings. The Hall–Kier alpha value is -2.17. The van der Waals surface area contributed by atoms with Crippen molar-refractivity contribution in [3.05, 3.63) is 48.5 Å². The molecule has 2 rings (SSSR count). The SMILES string of the molecule is CC(CCc1ccccc1)NC(=O)Cn1cncn1. The van der Waals surface area contributed by atoms with Gasteiger partial charge in [-0.05, 0) is 25.3 Å². The fraction of sp³-hybridized carbons (Fsp3) is 0.357. The van der Waals surface area contributed by atoms with Crippen LogP contribution in [0.2, 0.25) is 0 Å². The van der Waals surface area contributed by atoms with Gasteiger partial charge >= 0.3 is 0 Å². The van der Waals surface area contributed by atoms with Gasteiger partial charge in [-0.15, -0.1) is 0 Å². The molecule has 5 nitrogen and oxygen atoms in total. The fourth-order valence-corrected chi connectivity index (χ4v) is 1.88. The van der Waals surface area contributed by atoms with Gasteiger partial charge in [0.05, 0.1) is 0 Å². The van der Waals surface area contributed by atoms with Gasteiger partial charge in [-0.3, -0.25) is 4.79 Å². The van der Waals surface area contributed by atoms with E-state index in [2.05, 4.69) is 27.5 Å². The maximum absolute atomic E-state index is 11.7. The third-order valence-corrected chi connectivity index (χ3v) is 2.89. The number of nitrogens with zero attached hydrogens (tertiary/aromatic N) is 3. The molecule has 1 amide bonds. The number of hydrogen-bond acceptors (Lipinski definition) is 3. The van der Waals surface area contributed by atoms with E-state index in [-0.39, 0.29) is 18.5 Å². The highest BCUT2D eigenvalue weighted by atomic mass is 16.2. The Morgan fingerprint density at radius 1 is 1.37 bits per heavy atom. The van der Waals surface area contributed by atoms with Gasteiger partial charge in [0.2, 0.25) is 5.91 Å². The molecule has 2 aromatic rings. The van der Waals surface area contributed by atoms with E-state index in [0.29, 0.717) is 0 Å². The van der Waals surface area contributed by atoms with Crippen molar-refractivity contribution in [2.24, 2.45) is 0 Å². The summed E-state index contributed by atoms with van der Waals surface area (Å²) >= 11 is 0. The van der Waals surface area contributed by atoms with Crippen molar-refractivity contribution in [3.8, 4) is 0 Å². The molecule has 0 aliphatic carbocycles. The van der Waals surface area contributed by atoms with Crippen LogP contribution in [0.15, 0.2) is 43.0 Å². The number of hydrogen-bond donors (Lipinski definition) is 1. The monoisotopic (exact) mass is 258 g/mol. The van der Waals surface area contributed by atoms with Crippen LogP contribution < -0.4 is 5.32 Å². The predicted molar refractivity (Wildman–Crippen MR) is 72.4 cm³/mol. The van der Waals surface area contributed by atoms with Crippen LogP contribution in [0.25, 0.3) is 0 Å². The molecule has 1 aromatic carbocycles. The van der Waals surface area contributed by atoms with E-state index in [9.17, 15) is 4.79 Å². The smallest absolute Gasteiger partial charge is 0.242 e. The van der Waals surface area contributed by atoms with E-state index in [4.69, 9.17) is 0 Å². The topological polar surface area (TPSA) is 59.8 Å². The van der Waals surface area contributed by atoms with Crippen LogP contribution in [0.1, 0.15) is 18.9 Å². The first-order valence-electron chi connectivity index (χ1n) is 6.40. The molecular formula is C14H18N4O. The number of carbonyl (C=O) groups is 1. The molecule has 0 aliphatic heterocycles. The van der Waals surface area contributed by atoms with E-state index in [1.807, 2.05) is 25.1 Å². The van der Waals surface area contributed by atoms with E-state index in [0.717, 1.165) is 12.8 Å². The van der Waals surface area contributed by atoms with Crippen LogP contribution in [-0.2, 0) is 17.8 Å². The average molecular weight is 258 g/mol. The minimum Gasteiger partial charge on any atom is -0.352 e. The lowest BCUT2D eigenvalue weighted by molar-refractivity contribution is -0.122. The highest BCUT2D eigenvalue weighted by molar-refractivity contribution is 5.75. The van der Waals surface area contributed by atoms with Crippen molar-refractivity contribution in [1.82, 2.24) is 20.1 Å². The highest BCUT2D eigenvalue weighted by Crippen LogP contribution is 2.04. The Balaban J connectivity index is 1.72. The van der Waals surface area contributed by atoms with Crippen LogP contribution in [0.4, 0.5) is 0 Å². The molecule has 0 aliphatic rings. The third-order valence-electron chi connectivity index (χ3n) is 2.89. The Labute approximate surface area is 112 Å². The van der Waals surface area contributed by atoms with Crippen LogP contribution >= 0.6 is 0 Å². The molecule has 1 unspecified atom stereocenters. The summed E-state index contributed by atoms with van der Waals surface area (Å²) < 4.78 is 1.51. The number of amides is 1. The van der Waals surface area contributed by atoms with E-state index >= 15 is 0 Å². The highest BCUT2D eigenvalue weighted by Gasteiger charge is 2.08. The summed E-state index contributed by atoms with van der Waals surface area (Å²) in [4.78, 5) is 15.5. The van der Waals surface area contributed by atoms with Crippen molar-refractivity contribution in [3.63, 3.8) is 0 Å². The molecule has 0 saturated heterocycles. The second-order valence-corrected chi connectivity index (χ2v) is 4.59. The lowest BCUT2D eigenvalue weighted by Gasteiger charge is -2.13. The zero-order valence-electron chi connectivity index (χ0n) is 11.0. The van der Waals surface area contributed by atoms with Crippen molar-refractivity contribution in [2.45, 2.75) is 32.4 Å². The molecule has 0 spiro atoms. The zero-order chi connectivity index (χ0) is 13.5. The van der Waals surface area contributed by atoms with Gasteiger partial charge in [0.15, 0.2) is 0 Å². The first-order valence-corrected chi connectivity index (χ1v) is 6.40. The summed E-state index contributed by atoms with van der Waals surface area (Å²) in [6, 6.07) is 10.4. The number of benzene rings is 1. The second-order valence-electron chi connectivity index (χ2n) is 4.59. The molecular weight excluding hydrogens is 240 g/mol. The predicted octanol–water partition coefficient (Wildman–Crippen LogP) is 1.42. The van der Waals surface area contributed by atoms with Crippen molar-refractivity contribution in [2.75, 3.05) is 0 Å². The van der Waals surface area contributed by atoms with Gasteiger partial charge in [-0.2, -0.15) is 5.10 Å². The van der Waals surface area contributed by atoms with Gasteiger partial charge in [-0.25, -0.2) is 9.67 Å². The molecule has 1 atom stereocenters. The molecule has 1 aromatic heterocycles. The van der Waals surface area contributed by atoms with Gasteiger partial charge in [0.1, 0.15) is 19.2 Å². The first-order chi connectivity index (χ1) is 9.24. The zero-order valence-corrected chi connectivity index (χ0v) is 11.0. The molecule has 1 heterocycles. The minimum absolute atomic E-state index is 0.0361. The number of aryl methyl sites for hydroxylation is 1. The minimum atomic E-state index is -0.0361. The van der Waals surface area contributed by atoms with Gasteiger partial charge < -0.3 is 5.32 Å². The number of nitrogens with one attached hydrogen (secondary N) is 1. The molecule has 100 valence electrons. The lowest BCUT2D eigenvalue weighted by atomic mass is 10.1. The Bertz CT molecular complexity index is 495. The largest absolute Gasteiger partial charge is 0.352 e. The molecule has 0 radical (unpaired) electrons. The van der Waals surface area contributed by atoms with Crippen molar-refractivity contribution >= 4 is 5.91 Å². The van der Waals surface area contributed by atoms with Gasteiger partial charge in [0.25, 0.3) is 0 Å². The molecule has 1 N–H and O–H groups in total. The summed E-state index contributed by atoms with van der Waals surface area (Å²) in [6.07, 6.45) is 4.85. The van der Waals surface area contributed by atoms with Crippen LogP contribution in [0.3, 0.4) is 0 Å². The molecule has 5 heteroatoms. The van der Waals surface area contributed by atoms with Crippen LogP contribution in [0.5, 0.6) is 0 Å². The summed E-state index contributed by atoms with van der Waals surface area (Å²) in [6.45, 7) is 2.23. The summed E-state index contributed by atoms with van der Waals surface area (Å²) in [7, 11) is 0. The van der Waals surface area contributed by atoms with Crippen LogP contribution in [0, 0.1) is 0 Å². The molecule has 0 saturated carbocycles. The third kappa shape index (κ3) is 4.54. The number of rotatable bonds is 6. The maximum atomic E-state index is 11.7. The maximum Gasteiger partial charge on any atom is 0.242 e. The molecule has 19 heavy (non-hydrogen) atoms. The number of carbonyl (C=O) groups excluding carboxylic acids is 1. The van der Waals surface area contributed by atoms with Crippen molar-refractivity contribution < 1.29 is 4.79 Å². The first kappa shape index (κ1) is 13.3. The summed E-state index contributed by atoms with van der Waals surface area (Å²) in [5.74, 6) is -0.0361. The normalized spacial score (nSPS) is 12.1. The quantitative estimate of drug-likeness (QED) is 0.852. The van der Waals surface area contributed by atoms with E-state index in [1.54, 1.807) is 0 Å².